The number of aromatic nitrogens is 1. The van der Waals surface area contributed by atoms with Crippen molar-refractivity contribution >= 4 is 16.8 Å². The van der Waals surface area contributed by atoms with Gasteiger partial charge in [0, 0.05) is 29.3 Å². The summed E-state index contributed by atoms with van der Waals surface area (Å²) in [6.07, 6.45) is 4.36. The summed E-state index contributed by atoms with van der Waals surface area (Å²) >= 11 is 0. The summed E-state index contributed by atoms with van der Waals surface area (Å²) < 4.78 is 6.15. The van der Waals surface area contributed by atoms with Crippen LogP contribution in [0, 0.1) is 5.92 Å². The van der Waals surface area contributed by atoms with Gasteiger partial charge in [-0.2, -0.15) is 0 Å². The van der Waals surface area contributed by atoms with Crippen LogP contribution in [0.2, 0.25) is 0 Å². The molecule has 0 aliphatic heterocycles. The molecule has 4 rings (SSSR count). The summed E-state index contributed by atoms with van der Waals surface area (Å²) in [5, 5.41) is 14.4. The highest BCUT2D eigenvalue weighted by molar-refractivity contribution is 5.96. The fourth-order valence-electron chi connectivity index (χ4n) is 4.00. The Bertz CT molecular complexity index is 1290. The number of aromatic hydroxyl groups is 1. The van der Waals surface area contributed by atoms with Gasteiger partial charge < -0.3 is 15.2 Å². The highest BCUT2D eigenvalue weighted by Crippen LogP contribution is 2.36. The lowest BCUT2D eigenvalue weighted by molar-refractivity contribution is 0.0952. The number of nitrogens with zero attached hydrogens (tertiary/aromatic N) is 1. The van der Waals surface area contributed by atoms with Gasteiger partial charge in [0.25, 0.3) is 5.91 Å². The molecule has 4 aromatic rings. The quantitative estimate of drug-likeness (QED) is 0.264. The minimum atomic E-state index is -0.121. The third kappa shape index (κ3) is 6.38. The zero-order valence-electron chi connectivity index (χ0n) is 20.3. The van der Waals surface area contributed by atoms with E-state index in [0.29, 0.717) is 35.9 Å². The number of pyridine rings is 1. The largest absolute Gasteiger partial charge is 0.506 e. The van der Waals surface area contributed by atoms with Crippen molar-refractivity contribution in [3.05, 3.63) is 90.1 Å². The molecule has 0 bridgehead atoms. The average Bonchev–Trinajstić information content (AvgIpc) is 2.87. The van der Waals surface area contributed by atoms with E-state index in [0.717, 1.165) is 35.8 Å². The summed E-state index contributed by atoms with van der Waals surface area (Å²) in [5.74, 6) is 1.13. The predicted octanol–water partition coefficient (Wildman–Crippen LogP) is 6.39. The first-order valence-corrected chi connectivity index (χ1v) is 12.2. The second-order valence-electron chi connectivity index (χ2n) is 9.16. The van der Waals surface area contributed by atoms with E-state index in [1.54, 1.807) is 18.3 Å². The maximum Gasteiger partial charge on any atom is 0.251 e. The zero-order chi connectivity index (χ0) is 24.6. The number of fused-ring (bicyclic) bond motifs is 1. The lowest BCUT2D eigenvalue weighted by Gasteiger charge is -2.15. The van der Waals surface area contributed by atoms with Gasteiger partial charge in [-0.1, -0.05) is 50.2 Å². The van der Waals surface area contributed by atoms with Gasteiger partial charge in [0.2, 0.25) is 0 Å². The van der Waals surface area contributed by atoms with Crippen LogP contribution in [0.5, 0.6) is 11.5 Å². The van der Waals surface area contributed by atoms with Crippen molar-refractivity contribution in [2.24, 2.45) is 5.92 Å². The van der Waals surface area contributed by atoms with Gasteiger partial charge in [-0.05, 0) is 72.7 Å². The van der Waals surface area contributed by atoms with E-state index in [4.69, 9.17) is 4.74 Å². The first-order chi connectivity index (χ1) is 17.0. The van der Waals surface area contributed by atoms with Crippen molar-refractivity contribution in [1.29, 1.82) is 0 Å². The molecule has 1 amide bonds. The molecule has 1 heterocycles. The number of nitrogens with one attached hydrogen (secondary N) is 1. The second-order valence-corrected chi connectivity index (χ2v) is 9.16. The molecular formula is C30H32N2O3. The van der Waals surface area contributed by atoms with Gasteiger partial charge in [-0.3, -0.25) is 9.78 Å². The van der Waals surface area contributed by atoms with Crippen LogP contribution in [-0.4, -0.2) is 29.1 Å². The van der Waals surface area contributed by atoms with Crippen LogP contribution in [0.25, 0.3) is 22.0 Å². The van der Waals surface area contributed by atoms with Crippen molar-refractivity contribution in [3.63, 3.8) is 0 Å². The fraction of sp³-hybridized carbons (Fsp3) is 0.267. The van der Waals surface area contributed by atoms with Crippen LogP contribution in [0.4, 0.5) is 0 Å². The summed E-state index contributed by atoms with van der Waals surface area (Å²) in [5.41, 5.74) is 4.03. The molecule has 0 saturated carbocycles. The molecule has 2 N–H and O–H groups in total. The SMILES string of the molecule is CC(C)CCOc1cc(C(=O)NCCCc2ccccc2)ccc1-c1cc(O)c2ncccc2c1. The normalized spacial score (nSPS) is 11.1. The molecule has 5 heteroatoms. The third-order valence-electron chi connectivity index (χ3n) is 5.96. The molecule has 180 valence electrons. The fourth-order valence-corrected chi connectivity index (χ4v) is 4.00. The summed E-state index contributed by atoms with van der Waals surface area (Å²) in [7, 11) is 0. The Kier molecular flexibility index (Phi) is 7.99. The Labute approximate surface area is 206 Å². The van der Waals surface area contributed by atoms with E-state index >= 15 is 0 Å². The molecule has 0 saturated heterocycles. The number of phenols is 1. The van der Waals surface area contributed by atoms with Crippen LogP contribution in [-0.2, 0) is 6.42 Å². The van der Waals surface area contributed by atoms with Gasteiger partial charge in [0.05, 0.1) is 6.61 Å². The van der Waals surface area contributed by atoms with Gasteiger partial charge in [-0.15, -0.1) is 0 Å². The van der Waals surface area contributed by atoms with E-state index in [9.17, 15) is 9.90 Å². The number of carbonyl (C=O) groups excluding carboxylic acids is 1. The maximum atomic E-state index is 12.9. The van der Waals surface area contributed by atoms with Crippen LogP contribution in [0.15, 0.2) is 79.0 Å². The molecule has 0 aliphatic rings. The van der Waals surface area contributed by atoms with Gasteiger partial charge in [0.1, 0.15) is 17.0 Å². The zero-order valence-corrected chi connectivity index (χ0v) is 20.3. The molecular weight excluding hydrogens is 436 g/mol. The Morgan fingerprint density at radius 2 is 1.86 bits per heavy atom. The minimum Gasteiger partial charge on any atom is -0.506 e. The lowest BCUT2D eigenvalue weighted by Crippen LogP contribution is -2.24. The van der Waals surface area contributed by atoms with Crippen LogP contribution >= 0.6 is 0 Å². The van der Waals surface area contributed by atoms with Gasteiger partial charge in [-0.25, -0.2) is 0 Å². The van der Waals surface area contributed by atoms with Gasteiger partial charge >= 0.3 is 0 Å². The number of phenolic OH excluding ortho intramolecular Hbond substituents is 1. The predicted molar refractivity (Wildman–Crippen MR) is 141 cm³/mol. The number of carbonyl (C=O) groups is 1. The second kappa shape index (κ2) is 11.5. The number of benzene rings is 3. The summed E-state index contributed by atoms with van der Waals surface area (Å²) in [6, 6.07) is 23.2. The number of ether oxygens (including phenoxy) is 1. The molecule has 1 aromatic heterocycles. The number of rotatable bonds is 10. The van der Waals surface area contributed by atoms with E-state index in [-0.39, 0.29) is 11.7 Å². The molecule has 0 aliphatic carbocycles. The van der Waals surface area contributed by atoms with Crippen LogP contribution < -0.4 is 10.1 Å². The van der Waals surface area contributed by atoms with Crippen LogP contribution in [0.3, 0.4) is 0 Å². The highest BCUT2D eigenvalue weighted by atomic mass is 16.5. The molecule has 0 radical (unpaired) electrons. The topological polar surface area (TPSA) is 71.5 Å². The lowest BCUT2D eigenvalue weighted by atomic mass is 9.99. The summed E-state index contributed by atoms with van der Waals surface area (Å²) in [4.78, 5) is 17.1. The highest BCUT2D eigenvalue weighted by Gasteiger charge is 2.15. The Morgan fingerprint density at radius 1 is 1.03 bits per heavy atom. The summed E-state index contributed by atoms with van der Waals surface area (Å²) in [6.45, 7) is 5.45. The first-order valence-electron chi connectivity index (χ1n) is 12.2. The number of hydrogen-bond acceptors (Lipinski definition) is 4. The van der Waals surface area contributed by atoms with Gasteiger partial charge in [0.15, 0.2) is 0 Å². The van der Waals surface area contributed by atoms with E-state index in [2.05, 4.69) is 36.3 Å². The van der Waals surface area contributed by atoms with Crippen molar-refractivity contribution in [2.45, 2.75) is 33.1 Å². The monoisotopic (exact) mass is 468 g/mol. The van der Waals surface area contributed by atoms with Crippen molar-refractivity contribution in [1.82, 2.24) is 10.3 Å². The molecule has 3 aromatic carbocycles. The first kappa shape index (κ1) is 24.3. The molecule has 0 spiro atoms. The van der Waals surface area contributed by atoms with E-state index < -0.39 is 0 Å². The maximum absolute atomic E-state index is 12.9. The molecule has 5 nitrogen and oxygen atoms in total. The smallest absolute Gasteiger partial charge is 0.251 e. The Morgan fingerprint density at radius 3 is 2.66 bits per heavy atom. The van der Waals surface area contributed by atoms with Crippen molar-refractivity contribution < 1.29 is 14.6 Å². The number of hydrogen-bond donors (Lipinski definition) is 2. The molecule has 0 atom stereocenters. The van der Waals surface area contributed by atoms with Crippen molar-refractivity contribution in [2.75, 3.05) is 13.2 Å². The van der Waals surface area contributed by atoms with E-state index in [1.807, 2.05) is 48.5 Å². The minimum absolute atomic E-state index is 0.117. The van der Waals surface area contributed by atoms with E-state index in [1.165, 1.54) is 5.56 Å². The van der Waals surface area contributed by atoms with Crippen molar-refractivity contribution in [3.8, 4) is 22.6 Å². The molecule has 0 fully saturated rings. The number of aryl methyl sites for hydroxylation is 1. The molecule has 0 unspecified atom stereocenters. The number of amides is 1. The third-order valence-corrected chi connectivity index (χ3v) is 5.96. The van der Waals surface area contributed by atoms with Crippen LogP contribution in [0.1, 0.15) is 42.6 Å². The standard InChI is InChI=1S/C30H32N2O3/c1-21(2)14-17-35-28-20-24(30(34)32-16-6-10-22-8-4-3-5-9-22)12-13-26(28)25-18-23-11-7-15-31-29(23)27(33)19-25/h3-5,7-9,11-13,15,18-21,33H,6,10,14,16-17H2,1-2H3,(H,32,34). The Hall–Kier alpha value is -3.86. The molecule has 35 heavy (non-hydrogen) atoms. The average molecular weight is 469 g/mol. The Balaban J connectivity index is 1.53.